The number of nitrogens with zero attached hydrogens (tertiary/aromatic N) is 1. The zero-order valence-electron chi connectivity index (χ0n) is 15.0. The Labute approximate surface area is 152 Å². The largest absolute Gasteiger partial charge is 0.497 e. The second-order valence-corrected chi connectivity index (χ2v) is 6.07. The quantitative estimate of drug-likeness (QED) is 0.893. The van der Waals surface area contributed by atoms with Crippen molar-refractivity contribution < 1.29 is 19.1 Å². The molecule has 26 heavy (non-hydrogen) atoms. The summed E-state index contributed by atoms with van der Waals surface area (Å²) in [7, 11) is 3.11. The maximum absolute atomic E-state index is 12.5. The smallest absolute Gasteiger partial charge is 0.255 e. The first kappa shape index (κ1) is 17.8. The van der Waals surface area contributed by atoms with Crippen molar-refractivity contribution in [1.82, 2.24) is 0 Å². The third-order valence-corrected chi connectivity index (χ3v) is 4.42. The Morgan fingerprint density at radius 2 is 1.81 bits per heavy atom. The van der Waals surface area contributed by atoms with Gasteiger partial charge in [0.15, 0.2) is 0 Å². The van der Waals surface area contributed by atoms with E-state index in [0.29, 0.717) is 29.2 Å². The Hall–Kier alpha value is -3.02. The van der Waals surface area contributed by atoms with Crippen LogP contribution in [0.5, 0.6) is 11.5 Å². The molecule has 1 saturated heterocycles. The van der Waals surface area contributed by atoms with Crippen LogP contribution in [0.1, 0.15) is 29.6 Å². The minimum atomic E-state index is -0.256. The second-order valence-electron chi connectivity index (χ2n) is 6.07. The van der Waals surface area contributed by atoms with Crippen LogP contribution in [0.25, 0.3) is 0 Å². The van der Waals surface area contributed by atoms with Crippen LogP contribution in [-0.2, 0) is 4.79 Å². The van der Waals surface area contributed by atoms with E-state index < -0.39 is 0 Å². The highest BCUT2D eigenvalue weighted by atomic mass is 16.5. The molecule has 3 rings (SSSR count). The number of amides is 2. The van der Waals surface area contributed by atoms with Crippen molar-refractivity contribution in [2.24, 2.45) is 0 Å². The SMILES string of the molecule is COc1ccc(OC)c(NC(=O)c2ccc(N3CCCCC3=O)cc2)c1. The summed E-state index contributed by atoms with van der Waals surface area (Å²) in [6, 6.07) is 12.3. The summed E-state index contributed by atoms with van der Waals surface area (Å²) < 4.78 is 10.5. The molecule has 1 aliphatic heterocycles. The van der Waals surface area contributed by atoms with Crippen molar-refractivity contribution in [3.8, 4) is 11.5 Å². The van der Waals surface area contributed by atoms with Gasteiger partial charge in [0.05, 0.1) is 19.9 Å². The molecule has 0 saturated carbocycles. The van der Waals surface area contributed by atoms with Crippen LogP contribution < -0.4 is 19.7 Å². The molecule has 1 heterocycles. The van der Waals surface area contributed by atoms with Gasteiger partial charge in [-0.25, -0.2) is 0 Å². The van der Waals surface area contributed by atoms with E-state index in [0.717, 1.165) is 25.1 Å². The zero-order valence-corrected chi connectivity index (χ0v) is 15.0. The highest BCUT2D eigenvalue weighted by Crippen LogP contribution is 2.29. The van der Waals surface area contributed by atoms with Crippen LogP contribution in [0.2, 0.25) is 0 Å². The number of ether oxygens (including phenoxy) is 2. The van der Waals surface area contributed by atoms with Crippen molar-refractivity contribution >= 4 is 23.2 Å². The molecular weight excluding hydrogens is 332 g/mol. The van der Waals surface area contributed by atoms with E-state index in [-0.39, 0.29) is 11.8 Å². The number of nitrogens with one attached hydrogen (secondary N) is 1. The Morgan fingerprint density at radius 3 is 2.46 bits per heavy atom. The molecule has 1 aliphatic rings. The topological polar surface area (TPSA) is 67.9 Å². The number of carbonyl (C=O) groups excluding carboxylic acids is 2. The molecule has 0 aliphatic carbocycles. The first-order valence-corrected chi connectivity index (χ1v) is 8.56. The molecule has 0 atom stereocenters. The predicted molar refractivity (Wildman–Crippen MR) is 100 cm³/mol. The van der Waals surface area contributed by atoms with E-state index in [1.54, 1.807) is 61.6 Å². The van der Waals surface area contributed by atoms with E-state index in [1.807, 2.05) is 0 Å². The van der Waals surface area contributed by atoms with Crippen molar-refractivity contribution in [2.45, 2.75) is 19.3 Å². The molecule has 0 spiro atoms. The highest BCUT2D eigenvalue weighted by molar-refractivity contribution is 6.05. The van der Waals surface area contributed by atoms with Crippen molar-refractivity contribution in [1.29, 1.82) is 0 Å². The molecule has 136 valence electrons. The summed E-state index contributed by atoms with van der Waals surface area (Å²) in [5.74, 6) is 1.05. The fourth-order valence-corrected chi connectivity index (χ4v) is 2.98. The average molecular weight is 354 g/mol. The van der Waals surface area contributed by atoms with Crippen molar-refractivity contribution in [3.63, 3.8) is 0 Å². The summed E-state index contributed by atoms with van der Waals surface area (Å²) in [6.45, 7) is 0.728. The minimum Gasteiger partial charge on any atom is -0.497 e. The Kier molecular flexibility index (Phi) is 5.41. The summed E-state index contributed by atoms with van der Waals surface area (Å²) in [5.41, 5.74) is 1.86. The molecule has 0 aromatic heterocycles. The van der Waals surface area contributed by atoms with Crippen molar-refractivity contribution in [3.05, 3.63) is 48.0 Å². The van der Waals surface area contributed by atoms with E-state index in [2.05, 4.69) is 5.32 Å². The van der Waals surface area contributed by atoms with Gasteiger partial charge < -0.3 is 19.7 Å². The van der Waals surface area contributed by atoms with Crippen LogP contribution in [0.3, 0.4) is 0 Å². The molecule has 2 aromatic carbocycles. The summed E-state index contributed by atoms with van der Waals surface area (Å²) in [4.78, 5) is 26.3. The number of benzene rings is 2. The Morgan fingerprint density at radius 1 is 1.04 bits per heavy atom. The third kappa shape index (κ3) is 3.79. The number of piperidine rings is 1. The lowest BCUT2D eigenvalue weighted by Gasteiger charge is -2.26. The van der Waals surface area contributed by atoms with Gasteiger partial charge >= 0.3 is 0 Å². The first-order valence-electron chi connectivity index (χ1n) is 8.56. The van der Waals surface area contributed by atoms with Gasteiger partial charge in [-0.15, -0.1) is 0 Å². The second kappa shape index (κ2) is 7.91. The van der Waals surface area contributed by atoms with Crippen LogP contribution in [0, 0.1) is 0 Å². The molecule has 0 bridgehead atoms. The van der Waals surface area contributed by atoms with Gasteiger partial charge in [-0.1, -0.05) is 0 Å². The van der Waals surface area contributed by atoms with Gasteiger partial charge in [0.1, 0.15) is 11.5 Å². The Balaban J connectivity index is 1.75. The van der Waals surface area contributed by atoms with Gasteiger partial charge in [-0.3, -0.25) is 9.59 Å². The first-order chi connectivity index (χ1) is 12.6. The highest BCUT2D eigenvalue weighted by Gasteiger charge is 2.20. The number of methoxy groups -OCH3 is 2. The van der Waals surface area contributed by atoms with Gasteiger partial charge in [0.25, 0.3) is 5.91 Å². The molecule has 0 unspecified atom stereocenters. The standard InChI is InChI=1S/C20H22N2O4/c1-25-16-10-11-18(26-2)17(13-16)21-20(24)14-6-8-15(9-7-14)22-12-4-3-5-19(22)23/h6-11,13H,3-5,12H2,1-2H3,(H,21,24). The predicted octanol–water partition coefficient (Wildman–Crippen LogP) is 3.47. The Bertz CT molecular complexity index is 802. The van der Waals surface area contributed by atoms with E-state index in [9.17, 15) is 9.59 Å². The van der Waals surface area contributed by atoms with Gasteiger partial charge in [-0.05, 0) is 49.2 Å². The van der Waals surface area contributed by atoms with Gasteiger partial charge in [0.2, 0.25) is 5.91 Å². The average Bonchev–Trinajstić information content (AvgIpc) is 2.68. The van der Waals surface area contributed by atoms with Crippen LogP contribution >= 0.6 is 0 Å². The summed E-state index contributed by atoms with van der Waals surface area (Å²) >= 11 is 0. The van der Waals surface area contributed by atoms with Gasteiger partial charge in [-0.2, -0.15) is 0 Å². The molecular formula is C20H22N2O4. The minimum absolute atomic E-state index is 0.134. The number of anilines is 2. The number of hydrogen-bond donors (Lipinski definition) is 1. The fourth-order valence-electron chi connectivity index (χ4n) is 2.98. The molecule has 1 fully saturated rings. The lowest BCUT2D eigenvalue weighted by atomic mass is 10.1. The van der Waals surface area contributed by atoms with E-state index in [4.69, 9.17) is 9.47 Å². The van der Waals surface area contributed by atoms with Crippen LogP contribution in [0.4, 0.5) is 11.4 Å². The lowest BCUT2D eigenvalue weighted by Crippen LogP contribution is -2.35. The van der Waals surface area contributed by atoms with Gasteiger partial charge in [0, 0.05) is 30.3 Å². The lowest BCUT2D eigenvalue weighted by molar-refractivity contribution is -0.119. The number of carbonyl (C=O) groups is 2. The van der Waals surface area contributed by atoms with Crippen molar-refractivity contribution in [2.75, 3.05) is 31.0 Å². The number of hydrogen-bond acceptors (Lipinski definition) is 4. The fraction of sp³-hybridized carbons (Fsp3) is 0.300. The summed E-state index contributed by atoms with van der Waals surface area (Å²) in [5, 5.41) is 2.84. The zero-order chi connectivity index (χ0) is 18.5. The molecule has 1 N–H and O–H groups in total. The monoisotopic (exact) mass is 354 g/mol. The van der Waals surface area contributed by atoms with E-state index in [1.165, 1.54) is 0 Å². The molecule has 6 nitrogen and oxygen atoms in total. The van der Waals surface area contributed by atoms with E-state index >= 15 is 0 Å². The molecule has 2 aromatic rings. The maximum atomic E-state index is 12.5. The maximum Gasteiger partial charge on any atom is 0.255 e. The molecule has 0 radical (unpaired) electrons. The third-order valence-electron chi connectivity index (χ3n) is 4.42. The molecule has 6 heteroatoms. The number of rotatable bonds is 5. The van der Waals surface area contributed by atoms with Crippen LogP contribution in [-0.4, -0.2) is 32.6 Å². The molecule has 2 amide bonds. The normalized spacial score (nSPS) is 14.1. The van der Waals surface area contributed by atoms with Crippen LogP contribution in [0.15, 0.2) is 42.5 Å². The summed E-state index contributed by atoms with van der Waals surface area (Å²) in [6.07, 6.45) is 2.53.